The van der Waals surface area contributed by atoms with Crippen LogP contribution in [-0.2, 0) is 27.1 Å². The second kappa shape index (κ2) is 10.4. The van der Waals surface area contributed by atoms with E-state index < -0.39 is 10.0 Å². The lowest BCUT2D eigenvalue weighted by Gasteiger charge is -2.31. The summed E-state index contributed by atoms with van der Waals surface area (Å²) in [6.07, 6.45) is 11.0. The second-order valence-corrected chi connectivity index (χ2v) is 12.2. The summed E-state index contributed by atoms with van der Waals surface area (Å²) >= 11 is 0. The van der Waals surface area contributed by atoms with Crippen LogP contribution in [0.25, 0.3) is 22.3 Å². The molecule has 2 aliphatic rings. The molecule has 9 heteroatoms. The minimum absolute atomic E-state index is 0.0204. The van der Waals surface area contributed by atoms with Gasteiger partial charge in [-0.2, -0.15) is 5.10 Å². The van der Waals surface area contributed by atoms with E-state index in [0.29, 0.717) is 19.0 Å². The number of piperidine rings is 1. The first-order valence-corrected chi connectivity index (χ1v) is 14.8. The van der Waals surface area contributed by atoms with Crippen LogP contribution in [0.15, 0.2) is 67.1 Å². The van der Waals surface area contributed by atoms with Crippen LogP contribution in [0.3, 0.4) is 0 Å². The molecule has 6 rings (SSSR count). The van der Waals surface area contributed by atoms with E-state index in [2.05, 4.69) is 34.1 Å². The van der Waals surface area contributed by atoms with Gasteiger partial charge >= 0.3 is 0 Å². The van der Waals surface area contributed by atoms with Crippen molar-refractivity contribution in [2.24, 2.45) is 5.92 Å². The molecule has 1 aromatic carbocycles. The number of hydrogen-bond donors (Lipinski definition) is 0. The van der Waals surface area contributed by atoms with Crippen molar-refractivity contribution in [2.75, 3.05) is 19.7 Å². The lowest BCUT2D eigenvalue weighted by molar-refractivity contribution is -0.0394. The van der Waals surface area contributed by atoms with Gasteiger partial charge in [0, 0.05) is 44.2 Å². The zero-order chi connectivity index (χ0) is 25.2. The van der Waals surface area contributed by atoms with E-state index in [9.17, 15) is 8.42 Å². The van der Waals surface area contributed by atoms with Gasteiger partial charge in [-0.25, -0.2) is 22.4 Å². The van der Waals surface area contributed by atoms with Crippen molar-refractivity contribution in [1.29, 1.82) is 0 Å². The Morgan fingerprint density at radius 1 is 0.973 bits per heavy atom. The average Bonchev–Trinajstić information content (AvgIpc) is 3.58. The maximum atomic E-state index is 12.9. The van der Waals surface area contributed by atoms with Crippen LogP contribution >= 0.6 is 0 Å². The van der Waals surface area contributed by atoms with Crippen molar-refractivity contribution in [2.45, 2.75) is 50.6 Å². The average molecular weight is 520 g/mol. The predicted octanol–water partition coefficient (Wildman–Crippen LogP) is 4.84. The van der Waals surface area contributed by atoms with E-state index in [1.54, 1.807) is 4.31 Å². The highest BCUT2D eigenvalue weighted by Crippen LogP contribution is 2.28. The van der Waals surface area contributed by atoms with Crippen molar-refractivity contribution in [3.05, 3.63) is 72.7 Å². The third-order valence-electron chi connectivity index (χ3n) is 7.59. The van der Waals surface area contributed by atoms with Crippen LogP contribution in [0.4, 0.5) is 0 Å². The molecular weight excluding hydrogens is 486 g/mol. The topological polar surface area (TPSA) is 82.3 Å². The standard InChI is InChI=1S/C28H33N5O3S/c34-37(35,21-23-6-2-1-3-7-23)32-15-11-22(12-16-32)19-31-14-13-26-27(31)10-9-25(30-26)24-18-29-33(20-24)28-8-4-5-17-36-28/h1-3,6-7,9-10,13-14,18,20,22,28H,4-5,8,11-12,15-17,19,21H2. The van der Waals surface area contributed by atoms with Gasteiger partial charge in [-0.1, -0.05) is 30.3 Å². The molecule has 194 valence electrons. The highest BCUT2D eigenvalue weighted by atomic mass is 32.2. The summed E-state index contributed by atoms with van der Waals surface area (Å²) in [5.41, 5.74) is 4.80. The minimum atomic E-state index is -3.29. The van der Waals surface area contributed by atoms with E-state index in [1.165, 1.54) is 6.42 Å². The Hall–Kier alpha value is -3.01. The minimum Gasteiger partial charge on any atom is -0.357 e. The molecule has 5 heterocycles. The first-order chi connectivity index (χ1) is 18.0. The fourth-order valence-corrected chi connectivity index (χ4v) is 7.04. The van der Waals surface area contributed by atoms with Gasteiger partial charge in [0.05, 0.1) is 28.7 Å². The SMILES string of the molecule is O=S(=O)(Cc1ccccc1)N1CCC(Cn2ccc3nc(-c4cnn(C5CCCCO5)c4)ccc32)CC1. The number of rotatable bonds is 7. The van der Waals surface area contributed by atoms with Gasteiger partial charge in [-0.3, -0.25) is 0 Å². The molecule has 0 radical (unpaired) electrons. The van der Waals surface area contributed by atoms with Crippen molar-refractivity contribution in [1.82, 2.24) is 23.6 Å². The van der Waals surface area contributed by atoms with E-state index >= 15 is 0 Å². The van der Waals surface area contributed by atoms with Crippen molar-refractivity contribution >= 4 is 21.1 Å². The molecule has 37 heavy (non-hydrogen) atoms. The number of ether oxygens (including phenoxy) is 1. The van der Waals surface area contributed by atoms with Gasteiger partial charge in [0.2, 0.25) is 10.0 Å². The van der Waals surface area contributed by atoms with Crippen LogP contribution in [0, 0.1) is 5.92 Å². The summed E-state index contributed by atoms with van der Waals surface area (Å²) in [7, 11) is -3.29. The van der Waals surface area contributed by atoms with Gasteiger partial charge < -0.3 is 9.30 Å². The number of aromatic nitrogens is 4. The summed E-state index contributed by atoms with van der Waals surface area (Å²) in [5.74, 6) is 0.508. The van der Waals surface area contributed by atoms with E-state index in [-0.39, 0.29) is 12.0 Å². The Labute approximate surface area is 217 Å². The van der Waals surface area contributed by atoms with Crippen molar-refractivity contribution in [3.63, 3.8) is 0 Å². The van der Waals surface area contributed by atoms with Crippen molar-refractivity contribution < 1.29 is 13.2 Å². The maximum Gasteiger partial charge on any atom is 0.218 e. The zero-order valence-corrected chi connectivity index (χ0v) is 21.8. The summed E-state index contributed by atoms with van der Waals surface area (Å²) in [6.45, 7) is 2.82. The summed E-state index contributed by atoms with van der Waals surface area (Å²) in [5, 5.41) is 4.53. The first kappa shape index (κ1) is 24.3. The Morgan fingerprint density at radius 2 is 1.81 bits per heavy atom. The number of pyridine rings is 1. The Bertz CT molecular complexity index is 1450. The van der Waals surface area contributed by atoms with E-state index in [0.717, 1.165) is 66.7 Å². The summed E-state index contributed by atoms with van der Waals surface area (Å²) in [4.78, 5) is 4.90. The van der Waals surface area contributed by atoms with Gasteiger partial charge in [-0.15, -0.1) is 0 Å². The predicted molar refractivity (Wildman–Crippen MR) is 143 cm³/mol. The van der Waals surface area contributed by atoms with Gasteiger partial charge in [0.15, 0.2) is 0 Å². The molecule has 0 saturated carbocycles. The van der Waals surface area contributed by atoms with Crippen LogP contribution in [-0.4, -0.2) is 51.8 Å². The molecule has 0 bridgehead atoms. The molecular formula is C28H33N5O3S. The lowest BCUT2D eigenvalue weighted by Crippen LogP contribution is -2.39. The third-order valence-corrected chi connectivity index (χ3v) is 9.44. The molecule has 0 amide bonds. The number of benzene rings is 1. The van der Waals surface area contributed by atoms with Gasteiger partial charge in [0.1, 0.15) is 6.23 Å². The Kier molecular flexibility index (Phi) is 6.84. The fraction of sp³-hybridized carbons (Fsp3) is 0.429. The van der Waals surface area contributed by atoms with Crippen molar-refractivity contribution in [3.8, 4) is 11.3 Å². The molecule has 2 aliphatic heterocycles. The van der Waals surface area contributed by atoms with Gasteiger partial charge in [-0.05, 0) is 61.8 Å². The molecule has 0 aliphatic carbocycles. The third kappa shape index (κ3) is 5.35. The number of nitrogens with zero attached hydrogens (tertiary/aromatic N) is 5. The smallest absolute Gasteiger partial charge is 0.218 e. The highest BCUT2D eigenvalue weighted by Gasteiger charge is 2.28. The molecule has 1 atom stereocenters. The normalized spacial score (nSPS) is 19.9. The maximum absolute atomic E-state index is 12.9. The van der Waals surface area contributed by atoms with Crippen LogP contribution in [0.5, 0.6) is 0 Å². The Morgan fingerprint density at radius 3 is 2.59 bits per heavy atom. The van der Waals surface area contributed by atoms with Gasteiger partial charge in [0.25, 0.3) is 0 Å². The van der Waals surface area contributed by atoms with E-state index in [1.807, 2.05) is 47.4 Å². The van der Waals surface area contributed by atoms with Crippen LogP contribution in [0.1, 0.15) is 43.9 Å². The molecule has 0 spiro atoms. The molecule has 0 N–H and O–H groups in total. The molecule has 3 aromatic heterocycles. The molecule has 1 unspecified atom stereocenters. The Balaban J connectivity index is 1.09. The number of fused-ring (bicyclic) bond motifs is 1. The van der Waals surface area contributed by atoms with Crippen LogP contribution < -0.4 is 0 Å². The monoisotopic (exact) mass is 519 g/mol. The highest BCUT2D eigenvalue weighted by molar-refractivity contribution is 7.88. The summed E-state index contributed by atoms with van der Waals surface area (Å²) < 4.78 is 37.5. The molecule has 4 aromatic rings. The fourth-order valence-electron chi connectivity index (χ4n) is 5.48. The quantitative estimate of drug-likeness (QED) is 0.349. The second-order valence-electron chi connectivity index (χ2n) is 10.2. The number of sulfonamides is 1. The van der Waals surface area contributed by atoms with Crippen LogP contribution in [0.2, 0.25) is 0 Å². The molecule has 2 saturated heterocycles. The summed E-state index contributed by atoms with van der Waals surface area (Å²) in [6, 6.07) is 15.7. The van der Waals surface area contributed by atoms with E-state index in [4.69, 9.17) is 9.72 Å². The number of hydrogen-bond acceptors (Lipinski definition) is 5. The zero-order valence-electron chi connectivity index (χ0n) is 20.9. The molecule has 8 nitrogen and oxygen atoms in total. The molecule has 2 fully saturated rings. The lowest BCUT2D eigenvalue weighted by atomic mass is 9.98. The largest absolute Gasteiger partial charge is 0.357 e. The first-order valence-electron chi connectivity index (χ1n) is 13.2.